The molecule has 0 atom stereocenters. The molecule has 2 aromatic heterocycles. The summed E-state index contributed by atoms with van der Waals surface area (Å²) >= 11 is 0. The van der Waals surface area contributed by atoms with E-state index in [0.717, 1.165) is 61.4 Å². The summed E-state index contributed by atoms with van der Waals surface area (Å²) < 4.78 is 8.90. The number of hydrogen-bond acceptors (Lipinski definition) is 2. The lowest BCUT2D eigenvalue weighted by molar-refractivity contribution is 0.670. The van der Waals surface area contributed by atoms with Gasteiger partial charge in [0.05, 0.1) is 16.7 Å². The zero-order valence-electron chi connectivity index (χ0n) is 34.2. The number of nitrogens with zero attached hydrogens (tertiary/aromatic N) is 2. The van der Waals surface area contributed by atoms with E-state index in [0.29, 0.717) is 0 Å². The molecule has 0 aliphatic heterocycles. The predicted octanol–water partition coefficient (Wildman–Crippen LogP) is 16.9. The van der Waals surface area contributed by atoms with Crippen LogP contribution in [0.3, 0.4) is 0 Å². The maximum atomic E-state index is 6.46. The van der Waals surface area contributed by atoms with Crippen LogP contribution in [0.2, 0.25) is 0 Å². The fraction of sp³-hybridized carbons (Fsp3) is 0. The van der Waals surface area contributed by atoms with Gasteiger partial charge in [-0.2, -0.15) is 0 Å². The Labute approximate surface area is 363 Å². The van der Waals surface area contributed by atoms with Gasteiger partial charge >= 0.3 is 0 Å². The van der Waals surface area contributed by atoms with Crippen LogP contribution in [0.15, 0.2) is 235 Å². The molecule has 13 rings (SSSR count). The summed E-state index contributed by atoms with van der Waals surface area (Å²) in [4.78, 5) is 2.41. The van der Waals surface area contributed by atoms with Crippen molar-refractivity contribution in [1.82, 2.24) is 4.57 Å². The second-order valence-electron chi connectivity index (χ2n) is 16.5. The third-order valence-corrected chi connectivity index (χ3v) is 13.0. The smallest absolute Gasteiger partial charge is 0.143 e. The second-order valence-corrected chi connectivity index (χ2v) is 16.5. The van der Waals surface area contributed by atoms with Crippen molar-refractivity contribution in [2.45, 2.75) is 0 Å². The molecule has 2 heterocycles. The summed E-state index contributed by atoms with van der Waals surface area (Å²) in [5, 5.41) is 12.1. The second kappa shape index (κ2) is 14.1. The Morgan fingerprint density at radius 3 is 1.75 bits per heavy atom. The Balaban J connectivity index is 0.962. The molecule has 0 aliphatic rings. The number of rotatable bonds is 6. The van der Waals surface area contributed by atoms with Crippen LogP contribution in [0.4, 0.5) is 17.1 Å². The first kappa shape index (κ1) is 35.4. The van der Waals surface area contributed by atoms with Crippen molar-refractivity contribution >= 4 is 93.1 Å². The molecule has 3 nitrogen and oxygen atoms in total. The van der Waals surface area contributed by atoms with Gasteiger partial charge in [0.15, 0.2) is 0 Å². The van der Waals surface area contributed by atoms with Crippen molar-refractivity contribution in [3.05, 3.63) is 231 Å². The highest BCUT2D eigenvalue weighted by Gasteiger charge is 2.20. The van der Waals surface area contributed by atoms with Crippen LogP contribution >= 0.6 is 0 Å². The molecule has 294 valence electrons. The Morgan fingerprint density at radius 2 is 0.952 bits per heavy atom. The van der Waals surface area contributed by atoms with E-state index in [4.69, 9.17) is 4.42 Å². The molecule has 0 amide bonds. The van der Waals surface area contributed by atoms with Crippen molar-refractivity contribution in [2.75, 3.05) is 4.90 Å². The highest BCUT2D eigenvalue weighted by molar-refractivity contribution is 6.19. The fourth-order valence-corrected chi connectivity index (χ4v) is 10.0. The predicted molar refractivity (Wildman–Crippen MR) is 266 cm³/mol. The van der Waals surface area contributed by atoms with Crippen LogP contribution in [0, 0.1) is 0 Å². The highest BCUT2D eigenvalue weighted by atomic mass is 16.3. The third kappa shape index (κ3) is 5.60. The number of fused-ring (bicyclic) bond motifs is 11. The molecule has 11 aromatic carbocycles. The quantitative estimate of drug-likeness (QED) is 0.156. The first-order valence-electron chi connectivity index (χ1n) is 21.6. The van der Waals surface area contributed by atoms with Crippen molar-refractivity contribution in [1.29, 1.82) is 0 Å². The molecule has 0 bridgehead atoms. The Morgan fingerprint density at radius 1 is 0.349 bits per heavy atom. The van der Waals surface area contributed by atoms with Crippen molar-refractivity contribution in [2.24, 2.45) is 0 Å². The van der Waals surface area contributed by atoms with Crippen LogP contribution in [0.1, 0.15) is 0 Å². The first-order valence-corrected chi connectivity index (χ1v) is 21.6. The molecule has 0 fully saturated rings. The van der Waals surface area contributed by atoms with Crippen molar-refractivity contribution < 1.29 is 4.42 Å². The molecular formula is C60H38N2O. The molecular weight excluding hydrogens is 765 g/mol. The van der Waals surface area contributed by atoms with Gasteiger partial charge in [0, 0.05) is 54.9 Å². The molecule has 0 radical (unpaired) electrons. The minimum Gasteiger partial charge on any atom is -0.455 e. The molecule has 0 saturated heterocycles. The third-order valence-electron chi connectivity index (χ3n) is 13.0. The van der Waals surface area contributed by atoms with Gasteiger partial charge in [-0.25, -0.2) is 0 Å². The average Bonchev–Trinajstić information content (AvgIpc) is 3.91. The van der Waals surface area contributed by atoms with E-state index in [1.165, 1.54) is 59.7 Å². The number of para-hydroxylation sites is 3. The maximum absolute atomic E-state index is 6.46. The van der Waals surface area contributed by atoms with Gasteiger partial charge in [0.2, 0.25) is 0 Å². The highest BCUT2D eigenvalue weighted by Crippen LogP contribution is 2.44. The molecule has 0 unspecified atom stereocenters. The van der Waals surface area contributed by atoms with Crippen LogP contribution in [-0.2, 0) is 0 Å². The Hall–Kier alpha value is -8.40. The number of anilines is 3. The van der Waals surface area contributed by atoms with E-state index in [-0.39, 0.29) is 0 Å². The molecule has 63 heavy (non-hydrogen) atoms. The van der Waals surface area contributed by atoms with Gasteiger partial charge in [-0.1, -0.05) is 176 Å². The number of hydrogen-bond donors (Lipinski definition) is 0. The number of furan rings is 1. The summed E-state index contributed by atoms with van der Waals surface area (Å²) in [6.45, 7) is 0. The van der Waals surface area contributed by atoms with E-state index in [2.05, 4.69) is 228 Å². The summed E-state index contributed by atoms with van der Waals surface area (Å²) in [6, 6.07) is 83.5. The van der Waals surface area contributed by atoms with Crippen LogP contribution in [0.5, 0.6) is 0 Å². The molecule has 0 aliphatic carbocycles. The molecule has 0 spiro atoms. The zero-order valence-corrected chi connectivity index (χ0v) is 34.2. The lowest BCUT2D eigenvalue weighted by Crippen LogP contribution is -2.10. The van der Waals surface area contributed by atoms with E-state index >= 15 is 0 Å². The van der Waals surface area contributed by atoms with Crippen LogP contribution in [-0.4, -0.2) is 4.57 Å². The first-order chi connectivity index (χ1) is 31.2. The van der Waals surface area contributed by atoms with Gasteiger partial charge in [-0.3, -0.25) is 0 Å². The summed E-state index contributed by atoms with van der Waals surface area (Å²) in [5.74, 6) is 0. The van der Waals surface area contributed by atoms with E-state index in [1.54, 1.807) is 0 Å². The average molecular weight is 803 g/mol. The topological polar surface area (TPSA) is 21.3 Å². The minimum absolute atomic E-state index is 0.904. The summed E-state index contributed by atoms with van der Waals surface area (Å²) in [7, 11) is 0. The SMILES string of the molecule is c1ccc(-n2c3cc(-c4ccc(N(c5ccc(-c6cccc7c6oc6ccccc67)cc5)c5cc6ccccc6c6ccccc56)cc4)ccc3c3ccc4ccccc4c32)cc1. The lowest BCUT2D eigenvalue weighted by atomic mass is 9.98. The standard InChI is InChI=1S/C60H38N2O/c1-2-15-44(16-3-1)62-57-37-42(30-35-52(57)54-36-29-40-13-4-7-18-48(40)59(54)62)39-25-31-45(32-26-39)61(56-38-43-14-5-6-17-47(43)50-19-8-9-20-51(50)56)46-33-27-41(28-34-46)49-22-12-23-55-53-21-10-11-24-58(53)63-60(49)55/h1-38H. The Kier molecular flexibility index (Phi) is 7.91. The monoisotopic (exact) mass is 802 g/mol. The largest absolute Gasteiger partial charge is 0.455 e. The van der Waals surface area contributed by atoms with Crippen LogP contribution < -0.4 is 4.90 Å². The summed E-state index contributed by atoms with van der Waals surface area (Å²) in [6.07, 6.45) is 0. The van der Waals surface area contributed by atoms with E-state index < -0.39 is 0 Å². The maximum Gasteiger partial charge on any atom is 0.143 e. The van der Waals surface area contributed by atoms with Gasteiger partial charge < -0.3 is 13.9 Å². The fourth-order valence-electron chi connectivity index (χ4n) is 10.0. The van der Waals surface area contributed by atoms with E-state index in [9.17, 15) is 0 Å². The normalized spacial score (nSPS) is 11.8. The van der Waals surface area contributed by atoms with Gasteiger partial charge in [0.1, 0.15) is 11.2 Å². The molecule has 0 saturated carbocycles. The number of benzene rings is 11. The summed E-state index contributed by atoms with van der Waals surface area (Å²) in [5.41, 5.74) is 13.2. The lowest BCUT2D eigenvalue weighted by Gasteiger charge is -2.28. The molecule has 0 N–H and O–H groups in total. The van der Waals surface area contributed by atoms with Gasteiger partial charge in [-0.05, 0) is 92.8 Å². The zero-order chi connectivity index (χ0) is 41.4. The number of aromatic nitrogens is 1. The van der Waals surface area contributed by atoms with Crippen molar-refractivity contribution in [3.8, 4) is 27.9 Å². The Bertz CT molecular complexity index is 3900. The van der Waals surface area contributed by atoms with Gasteiger partial charge in [0.25, 0.3) is 0 Å². The minimum atomic E-state index is 0.904. The molecule has 3 heteroatoms. The van der Waals surface area contributed by atoms with Crippen LogP contribution in [0.25, 0.3) is 104 Å². The van der Waals surface area contributed by atoms with Gasteiger partial charge in [-0.15, -0.1) is 0 Å². The van der Waals surface area contributed by atoms with Crippen molar-refractivity contribution in [3.63, 3.8) is 0 Å². The van der Waals surface area contributed by atoms with E-state index in [1.807, 2.05) is 12.1 Å². The molecule has 13 aromatic rings.